The molecule has 0 saturated carbocycles. The van der Waals surface area contributed by atoms with E-state index in [4.69, 9.17) is 10.5 Å². The summed E-state index contributed by atoms with van der Waals surface area (Å²) in [6.07, 6.45) is 1.20. The van der Waals surface area contributed by atoms with Crippen molar-refractivity contribution < 1.29 is 14.3 Å². The first-order chi connectivity index (χ1) is 14.5. The molecule has 1 heterocycles. The molecule has 3 rings (SSSR count). The molecule has 8 nitrogen and oxygen atoms in total. The van der Waals surface area contributed by atoms with Crippen molar-refractivity contribution in [2.45, 2.75) is 6.54 Å². The molecule has 0 saturated heterocycles. The molecule has 0 spiro atoms. The molecule has 0 aliphatic rings. The van der Waals surface area contributed by atoms with Crippen molar-refractivity contribution in [1.29, 1.82) is 0 Å². The highest BCUT2D eigenvalue weighted by Crippen LogP contribution is 2.30. The number of rotatable bonds is 9. The highest BCUT2D eigenvalue weighted by molar-refractivity contribution is 6.03. The maximum absolute atomic E-state index is 12.1. The average Bonchev–Trinajstić information content (AvgIpc) is 3.13. The Balaban J connectivity index is 1.87. The number of hydrogen-bond acceptors (Lipinski definition) is 5. The van der Waals surface area contributed by atoms with Crippen LogP contribution in [-0.2, 0) is 11.3 Å². The van der Waals surface area contributed by atoms with Gasteiger partial charge in [0.15, 0.2) is 0 Å². The molecule has 3 aromatic rings. The monoisotopic (exact) mass is 405 g/mol. The third kappa shape index (κ3) is 4.67. The van der Waals surface area contributed by atoms with Crippen LogP contribution >= 0.6 is 0 Å². The van der Waals surface area contributed by atoms with Gasteiger partial charge in [-0.05, 0) is 42.5 Å². The van der Waals surface area contributed by atoms with Gasteiger partial charge < -0.3 is 21.1 Å². The average molecular weight is 405 g/mol. The Hall–Kier alpha value is -4.07. The SMILES string of the molecule is C=CC(=O)NCCn1nc(-c2ccc(Oc3ccccc3)cc2)c(C(N)=O)c1NC. The van der Waals surface area contributed by atoms with Crippen molar-refractivity contribution >= 4 is 17.6 Å². The maximum atomic E-state index is 12.1. The standard InChI is InChI=1S/C22H23N5O3/c1-3-18(28)25-13-14-27-22(24-2)19(21(23)29)20(26-27)15-9-11-17(12-10-15)30-16-7-5-4-6-8-16/h3-12,24H,1,13-14H2,2H3,(H2,23,29)(H,25,28). The zero-order valence-electron chi connectivity index (χ0n) is 16.6. The lowest BCUT2D eigenvalue weighted by molar-refractivity contribution is -0.116. The Morgan fingerprint density at radius 3 is 2.40 bits per heavy atom. The van der Waals surface area contributed by atoms with E-state index in [1.165, 1.54) is 6.08 Å². The van der Waals surface area contributed by atoms with Crippen LogP contribution in [0.4, 0.5) is 5.82 Å². The number of ether oxygens (including phenoxy) is 1. The zero-order chi connectivity index (χ0) is 21.5. The molecule has 0 atom stereocenters. The number of anilines is 1. The van der Waals surface area contributed by atoms with Crippen molar-refractivity contribution in [2.75, 3.05) is 18.9 Å². The first kappa shape index (κ1) is 20.7. The van der Waals surface area contributed by atoms with E-state index in [2.05, 4.69) is 22.3 Å². The summed E-state index contributed by atoms with van der Waals surface area (Å²) in [6, 6.07) is 16.7. The smallest absolute Gasteiger partial charge is 0.254 e. The summed E-state index contributed by atoms with van der Waals surface area (Å²) in [5.74, 6) is 0.991. The first-order valence-electron chi connectivity index (χ1n) is 9.35. The van der Waals surface area contributed by atoms with Gasteiger partial charge in [0.25, 0.3) is 5.91 Å². The fourth-order valence-electron chi connectivity index (χ4n) is 2.98. The maximum Gasteiger partial charge on any atom is 0.254 e. The molecule has 0 bridgehead atoms. The first-order valence-corrected chi connectivity index (χ1v) is 9.35. The predicted molar refractivity (Wildman–Crippen MR) is 115 cm³/mol. The van der Waals surface area contributed by atoms with Crippen LogP contribution in [0.1, 0.15) is 10.4 Å². The van der Waals surface area contributed by atoms with Crippen molar-refractivity contribution in [3.05, 3.63) is 72.8 Å². The van der Waals surface area contributed by atoms with Gasteiger partial charge in [-0.15, -0.1) is 0 Å². The molecule has 0 aliphatic carbocycles. The van der Waals surface area contributed by atoms with Crippen LogP contribution in [-0.4, -0.2) is 35.2 Å². The molecule has 154 valence electrons. The van der Waals surface area contributed by atoms with Crippen LogP contribution in [0.15, 0.2) is 67.3 Å². The lowest BCUT2D eigenvalue weighted by atomic mass is 10.1. The van der Waals surface area contributed by atoms with Gasteiger partial charge in [0.1, 0.15) is 28.6 Å². The number of benzene rings is 2. The quantitative estimate of drug-likeness (QED) is 0.474. The topological polar surface area (TPSA) is 111 Å². The van der Waals surface area contributed by atoms with Gasteiger partial charge in [-0.1, -0.05) is 24.8 Å². The summed E-state index contributed by atoms with van der Waals surface area (Å²) < 4.78 is 7.41. The molecular weight excluding hydrogens is 382 g/mol. The van der Waals surface area contributed by atoms with Gasteiger partial charge in [-0.2, -0.15) is 5.10 Å². The van der Waals surface area contributed by atoms with Crippen molar-refractivity contribution in [3.8, 4) is 22.8 Å². The Morgan fingerprint density at radius 1 is 1.13 bits per heavy atom. The number of nitrogens with one attached hydrogen (secondary N) is 2. The van der Waals surface area contributed by atoms with E-state index in [0.717, 1.165) is 11.3 Å². The van der Waals surface area contributed by atoms with E-state index in [0.29, 0.717) is 30.4 Å². The number of para-hydroxylation sites is 1. The second-order valence-electron chi connectivity index (χ2n) is 6.34. The molecule has 0 aliphatic heterocycles. The molecule has 2 amide bonds. The largest absolute Gasteiger partial charge is 0.457 e. The van der Waals surface area contributed by atoms with Crippen LogP contribution in [0, 0.1) is 0 Å². The molecule has 1 aromatic heterocycles. The number of carbonyl (C=O) groups excluding carboxylic acids is 2. The number of primary amides is 1. The highest BCUT2D eigenvalue weighted by atomic mass is 16.5. The van der Waals surface area contributed by atoms with E-state index in [1.54, 1.807) is 23.9 Å². The third-order valence-electron chi connectivity index (χ3n) is 4.35. The Morgan fingerprint density at radius 2 is 1.80 bits per heavy atom. The predicted octanol–water partition coefficient (Wildman–Crippen LogP) is 2.79. The summed E-state index contributed by atoms with van der Waals surface area (Å²) in [4.78, 5) is 23.5. The zero-order valence-corrected chi connectivity index (χ0v) is 16.6. The van der Waals surface area contributed by atoms with Crippen LogP contribution in [0.5, 0.6) is 11.5 Å². The van der Waals surface area contributed by atoms with E-state index < -0.39 is 5.91 Å². The molecule has 2 aromatic carbocycles. The molecule has 0 radical (unpaired) electrons. The normalized spacial score (nSPS) is 10.3. The fourth-order valence-corrected chi connectivity index (χ4v) is 2.98. The minimum Gasteiger partial charge on any atom is -0.457 e. The minimum atomic E-state index is -0.597. The van der Waals surface area contributed by atoms with Crippen molar-refractivity contribution in [1.82, 2.24) is 15.1 Å². The van der Waals surface area contributed by atoms with E-state index in [1.807, 2.05) is 42.5 Å². The van der Waals surface area contributed by atoms with Gasteiger partial charge in [-0.3, -0.25) is 9.59 Å². The number of amides is 2. The van der Waals surface area contributed by atoms with E-state index >= 15 is 0 Å². The second kappa shape index (κ2) is 9.42. The van der Waals surface area contributed by atoms with Crippen molar-refractivity contribution in [3.63, 3.8) is 0 Å². The van der Waals surface area contributed by atoms with Gasteiger partial charge in [-0.25, -0.2) is 4.68 Å². The lowest BCUT2D eigenvalue weighted by Gasteiger charge is -2.08. The molecule has 4 N–H and O–H groups in total. The Labute approximate surface area is 174 Å². The summed E-state index contributed by atoms with van der Waals surface area (Å²) in [5, 5.41) is 10.2. The Kier molecular flexibility index (Phi) is 6.49. The summed E-state index contributed by atoms with van der Waals surface area (Å²) in [5.41, 5.74) is 7.08. The number of hydrogen-bond donors (Lipinski definition) is 3. The molecule has 30 heavy (non-hydrogen) atoms. The van der Waals surface area contributed by atoms with Gasteiger partial charge in [0.05, 0.1) is 6.54 Å². The van der Waals surface area contributed by atoms with Crippen LogP contribution in [0.2, 0.25) is 0 Å². The second-order valence-corrected chi connectivity index (χ2v) is 6.34. The van der Waals surface area contributed by atoms with Crippen molar-refractivity contribution in [2.24, 2.45) is 5.73 Å². The van der Waals surface area contributed by atoms with Crippen LogP contribution in [0.25, 0.3) is 11.3 Å². The molecule has 0 fully saturated rings. The van der Waals surface area contributed by atoms with Crippen LogP contribution in [0.3, 0.4) is 0 Å². The van der Waals surface area contributed by atoms with E-state index in [9.17, 15) is 9.59 Å². The molecule has 8 heteroatoms. The fraction of sp³-hybridized carbons (Fsp3) is 0.136. The number of nitrogens with two attached hydrogens (primary N) is 1. The number of nitrogens with zero attached hydrogens (tertiary/aromatic N) is 2. The number of aromatic nitrogens is 2. The summed E-state index contributed by atoms with van der Waals surface area (Å²) >= 11 is 0. The third-order valence-corrected chi connectivity index (χ3v) is 4.35. The van der Waals surface area contributed by atoms with Gasteiger partial charge in [0.2, 0.25) is 5.91 Å². The van der Waals surface area contributed by atoms with Crippen LogP contribution < -0.4 is 21.1 Å². The number of carbonyl (C=O) groups is 2. The highest BCUT2D eigenvalue weighted by Gasteiger charge is 2.22. The Bertz CT molecular complexity index is 1040. The van der Waals surface area contributed by atoms with E-state index in [-0.39, 0.29) is 11.5 Å². The van der Waals surface area contributed by atoms with Gasteiger partial charge >= 0.3 is 0 Å². The summed E-state index contributed by atoms with van der Waals surface area (Å²) in [6.45, 7) is 4.09. The van der Waals surface area contributed by atoms with Gasteiger partial charge in [0, 0.05) is 19.2 Å². The summed E-state index contributed by atoms with van der Waals surface area (Å²) in [7, 11) is 1.68. The molecular formula is C22H23N5O3. The minimum absolute atomic E-state index is 0.280. The molecule has 0 unspecified atom stereocenters. The lowest BCUT2D eigenvalue weighted by Crippen LogP contribution is -2.26.